The van der Waals surface area contributed by atoms with Crippen molar-refractivity contribution < 1.29 is 14.3 Å². The van der Waals surface area contributed by atoms with Gasteiger partial charge in [-0.1, -0.05) is 37.5 Å². The molecule has 0 amide bonds. The molecule has 2 aliphatic heterocycles. The highest BCUT2D eigenvalue weighted by atomic mass is 16.5. The van der Waals surface area contributed by atoms with Gasteiger partial charge in [-0.2, -0.15) is 0 Å². The Morgan fingerprint density at radius 2 is 1.71 bits per heavy atom. The first-order chi connectivity index (χ1) is 17.2. The van der Waals surface area contributed by atoms with Crippen LogP contribution in [0.5, 0.6) is 11.5 Å². The Bertz CT molecular complexity index is 1010. The van der Waals surface area contributed by atoms with Crippen LogP contribution in [0.25, 0.3) is 0 Å². The van der Waals surface area contributed by atoms with E-state index in [1.54, 1.807) is 14.2 Å². The van der Waals surface area contributed by atoms with Crippen molar-refractivity contribution in [2.45, 2.75) is 57.0 Å². The number of aryl methyl sites for hydroxylation is 1. The normalized spacial score (nSPS) is 22.1. The Hall–Kier alpha value is -2.73. The number of piperazine rings is 1. The van der Waals surface area contributed by atoms with Gasteiger partial charge in [0.05, 0.1) is 25.9 Å². The molecule has 188 valence electrons. The van der Waals surface area contributed by atoms with E-state index >= 15 is 0 Å². The summed E-state index contributed by atoms with van der Waals surface area (Å²) in [6.07, 6.45) is 7.80. The third-order valence-electron chi connectivity index (χ3n) is 8.20. The number of Topliss-reactive ketones (excluding diaryl/α,β-unsaturated/α-hetero) is 1. The van der Waals surface area contributed by atoms with E-state index in [2.05, 4.69) is 45.4 Å². The molecule has 2 heterocycles. The van der Waals surface area contributed by atoms with Crippen molar-refractivity contribution in [1.82, 2.24) is 4.90 Å². The zero-order valence-corrected chi connectivity index (χ0v) is 21.2. The highest BCUT2D eigenvalue weighted by molar-refractivity contribution is 5.88. The molecular formula is C29H39N3O3. The Balaban J connectivity index is 1.34. The summed E-state index contributed by atoms with van der Waals surface area (Å²) in [6, 6.07) is 14.7. The molecular weight excluding hydrogens is 438 g/mol. The summed E-state index contributed by atoms with van der Waals surface area (Å²) < 4.78 is 11.0. The van der Waals surface area contributed by atoms with Gasteiger partial charge in [-0.15, -0.1) is 0 Å². The fraction of sp³-hybridized carbons (Fsp3) is 0.552. The van der Waals surface area contributed by atoms with Crippen molar-refractivity contribution in [2.24, 2.45) is 5.92 Å². The van der Waals surface area contributed by atoms with Crippen molar-refractivity contribution in [1.29, 1.82) is 0 Å². The van der Waals surface area contributed by atoms with Crippen LogP contribution in [-0.4, -0.2) is 63.2 Å². The van der Waals surface area contributed by atoms with Crippen LogP contribution in [0, 0.1) is 5.92 Å². The summed E-state index contributed by atoms with van der Waals surface area (Å²) in [7, 11) is 3.38. The molecule has 2 aromatic carbocycles. The number of methoxy groups -OCH3 is 2. The molecule has 1 saturated carbocycles. The lowest BCUT2D eigenvalue weighted by atomic mass is 9.80. The number of carbonyl (C=O) groups excluding carboxylic acids is 1. The van der Waals surface area contributed by atoms with Gasteiger partial charge >= 0.3 is 0 Å². The number of nitrogens with one attached hydrogen (secondary N) is 1. The van der Waals surface area contributed by atoms with Crippen LogP contribution in [0.15, 0.2) is 42.5 Å². The van der Waals surface area contributed by atoms with Crippen molar-refractivity contribution in [2.75, 3.05) is 50.6 Å². The van der Waals surface area contributed by atoms with Gasteiger partial charge in [0.25, 0.3) is 0 Å². The molecule has 2 unspecified atom stereocenters. The van der Waals surface area contributed by atoms with Crippen LogP contribution in [0.2, 0.25) is 0 Å². The maximum Gasteiger partial charge on any atom is 0.155 e. The van der Waals surface area contributed by atoms with Crippen LogP contribution >= 0.6 is 0 Å². The summed E-state index contributed by atoms with van der Waals surface area (Å²) in [5, 5.41) is 3.78. The molecule has 6 nitrogen and oxygen atoms in total. The average Bonchev–Trinajstić information content (AvgIpc) is 2.93. The third kappa shape index (κ3) is 5.13. The molecule has 0 bridgehead atoms. The lowest BCUT2D eigenvalue weighted by Gasteiger charge is -2.45. The van der Waals surface area contributed by atoms with Crippen molar-refractivity contribution in [3.05, 3.63) is 48.0 Å². The molecule has 2 aromatic rings. The van der Waals surface area contributed by atoms with Crippen LogP contribution in [0.1, 0.15) is 44.1 Å². The first-order valence-corrected chi connectivity index (χ1v) is 13.3. The van der Waals surface area contributed by atoms with Crippen LogP contribution < -0.4 is 19.7 Å². The second-order valence-electron chi connectivity index (χ2n) is 10.2. The molecule has 1 saturated heterocycles. The first-order valence-electron chi connectivity index (χ1n) is 13.3. The van der Waals surface area contributed by atoms with Gasteiger partial charge in [0.15, 0.2) is 5.78 Å². The minimum Gasteiger partial charge on any atom is -0.497 e. The van der Waals surface area contributed by atoms with E-state index in [1.807, 2.05) is 12.1 Å². The quantitative estimate of drug-likeness (QED) is 0.620. The second-order valence-corrected chi connectivity index (χ2v) is 10.2. The molecule has 3 aliphatic rings. The largest absolute Gasteiger partial charge is 0.497 e. The molecule has 2 atom stereocenters. The summed E-state index contributed by atoms with van der Waals surface area (Å²) >= 11 is 0. The highest BCUT2D eigenvalue weighted by Crippen LogP contribution is 2.35. The number of anilines is 2. The summed E-state index contributed by atoms with van der Waals surface area (Å²) in [5.41, 5.74) is 3.66. The van der Waals surface area contributed by atoms with Gasteiger partial charge < -0.3 is 19.7 Å². The Kier molecular flexibility index (Phi) is 7.47. The molecule has 2 fully saturated rings. The van der Waals surface area contributed by atoms with Crippen LogP contribution in [-0.2, 0) is 11.2 Å². The average molecular weight is 478 g/mol. The monoisotopic (exact) mass is 477 g/mol. The highest BCUT2D eigenvalue weighted by Gasteiger charge is 2.40. The van der Waals surface area contributed by atoms with E-state index in [9.17, 15) is 4.79 Å². The fourth-order valence-corrected chi connectivity index (χ4v) is 6.25. The van der Waals surface area contributed by atoms with E-state index in [4.69, 9.17) is 9.47 Å². The maximum absolute atomic E-state index is 14.0. The smallest absolute Gasteiger partial charge is 0.155 e. The molecule has 0 radical (unpaired) electrons. The van der Waals surface area contributed by atoms with E-state index < -0.39 is 0 Å². The van der Waals surface area contributed by atoms with Crippen molar-refractivity contribution >= 4 is 17.2 Å². The second kappa shape index (κ2) is 10.9. The van der Waals surface area contributed by atoms with E-state index in [0.29, 0.717) is 5.78 Å². The summed E-state index contributed by atoms with van der Waals surface area (Å²) in [4.78, 5) is 18.8. The van der Waals surface area contributed by atoms with Crippen LogP contribution in [0.4, 0.5) is 11.4 Å². The molecule has 1 aliphatic carbocycles. The zero-order chi connectivity index (χ0) is 24.2. The fourth-order valence-electron chi connectivity index (χ4n) is 6.25. The number of benzene rings is 2. The predicted octanol–water partition coefficient (Wildman–Crippen LogP) is 4.77. The van der Waals surface area contributed by atoms with Gasteiger partial charge in [-0.25, -0.2) is 0 Å². The topological polar surface area (TPSA) is 54.0 Å². The number of fused-ring (bicyclic) bond motifs is 1. The lowest BCUT2D eigenvalue weighted by Crippen LogP contribution is -2.60. The first kappa shape index (κ1) is 24.0. The van der Waals surface area contributed by atoms with Gasteiger partial charge in [0.2, 0.25) is 0 Å². The number of para-hydroxylation sites is 1. The number of ether oxygens (including phenoxy) is 2. The lowest BCUT2D eigenvalue weighted by molar-refractivity contribution is -0.130. The van der Waals surface area contributed by atoms with Crippen LogP contribution in [0.3, 0.4) is 0 Å². The Morgan fingerprint density at radius 3 is 2.46 bits per heavy atom. The summed E-state index contributed by atoms with van der Waals surface area (Å²) in [5.74, 6) is 2.31. The molecule has 6 heteroatoms. The number of ketones is 1. The molecule has 0 aromatic heterocycles. The van der Waals surface area contributed by atoms with Crippen molar-refractivity contribution in [3.8, 4) is 11.5 Å². The summed E-state index contributed by atoms with van der Waals surface area (Å²) in [6.45, 7) is 3.50. The maximum atomic E-state index is 14.0. The Labute approximate surface area is 209 Å². The molecule has 35 heavy (non-hydrogen) atoms. The number of carbonyl (C=O) groups is 1. The standard InChI is InChI=1S/C29H39N3O3/c1-34-23-13-15-26(27(20-23)35-2)31-16-18-32(19-17-31)28(29(33)22-9-4-3-5-10-22)25-14-12-21-8-6-7-11-24(21)30-25/h6-8,11,13,15,20,22,25,28,30H,3-5,9-10,12,14,16-19H2,1-2H3. The third-order valence-corrected chi connectivity index (χ3v) is 8.20. The zero-order valence-electron chi connectivity index (χ0n) is 21.2. The number of nitrogens with zero attached hydrogens (tertiary/aromatic N) is 2. The van der Waals surface area contributed by atoms with Gasteiger partial charge in [0.1, 0.15) is 11.5 Å². The number of rotatable bonds is 7. The van der Waals surface area contributed by atoms with Gasteiger partial charge in [-0.05, 0) is 49.4 Å². The van der Waals surface area contributed by atoms with E-state index in [0.717, 1.165) is 69.0 Å². The molecule has 0 spiro atoms. The van der Waals surface area contributed by atoms with Gasteiger partial charge in [-0.3, -0.25) is 9.69 Å². The number of hydrogen-bond donors (Lipinski definition) is 1. The predicted molar refractivity (Wildman–Crippen MR) is 141 cm³/mol. The van der Waals surface area contributed by atoms with E-state index in [1.165, 1.54) is 30.5 Å². The molecule has 5 rings (SSSR count). The van der Waals surface area contributed by atoms with E-state index in [-0.39, 0.29) is 18.0 Å². The SMILES string of the molecule is COc1ccc(N2CCN(C(C(=O)C3CCCCC3)C3CCc4ccccc4N3)CC2)c(OC)c1. The molecule has 1 N–H and O–H groups in total. The minimum absolute atomic E-state index is 0.0635. The van der Waals surface area contributed by atoms with Gasteiger partial charge in [0, 0.05) is 49.9 Å². The minimum atomic E-state index is -0.0635. The number of hydrogen-bond acceptors (Lipinski definition) is 6. The van der Waals surface area contributed by atoms with Crippen molar-refractivity contribution in [3.63, 3.8) is 0 Å². The Morgan fingerprint density at radius 1 is 0.943 bits per heavy atom.